The number of allylic oxidation sites excluding steroid dienone is 1. The van der Waals surface area contributed by atoms with Gasteiger partial charge < -0.3 is 10.5 Å². The fourth-order valence-corrected chi connectivity index (χ4v) is 1.01. The van der Waals surface area contributed by atoms with E-state index in [4.69, 9.17) is 5.73 Å². The Bertz CT molecular complexity index is 332. The largest absolute Gasteiger partial charge is 0.384 e. The second kappa shape index (κ2) is 4.40. The topological polar surface area (TPSA) is 56.0 Å². The molecule has 0 amide bonds. The van der Waals surface area contributed by atoms with Gasteiger partial charge in [-0.15, -0.1) is 0 Å². The molecule has 3 heteroatoms. The van der Waals surface area contributed by atoms with E-state index in [-0.39, 0.29) is 0 Å². The van der Waals surface area contributed by atoms with Gasteiger partial charge in [0.2, 0.25) is 0 Å². The van der Waals surface area contributed by atoms with E-state index >= 15 is 0 Å². The molecule has 0 unspecified atom stereocenters. The van der Waals surface area contributed by atoms with Crippen LogP contribution in [-0.2, 0) is 4.79 Å². The molecule has 0 spiro atoms. The third kappa shape index (κ3) is 2.71. The molecule has 0 saturated heterocycles. The Labute approximate surface area is 77.3 Å². The number of rotatable bonds is 3. The summed E-state index contributed by atoms with van der Waals surface area (Å²) in [5.74, 6) is 0.519. The number of hydrogen-bond acceptors (Lipinski definition) is 3. The maximum absolute atomic E-state index is 10.0. The first-order valence-electron chi connectivity index (χ1n) is 4.06. The molecule has 1 aromatic heterocycles. The Morgan fingerprint density at radius 1 is 1.62 bits per heavy atom. The molecule has 0 aliphatic rings. The Morgan fingerprint density at radius 2 is 2.38 bits per heavy atom. The highest BCUT2D eigenvalue weighted by molar-refractivity contribution is 5.59. The van der Waals surface area contributed by atoms with E-state index in [0.29, 0.717) is 12.2 Å². The number of carbonyl (C=O) groups excluding carboxylic acids is 1. The van der Waals surface area contributed by atoms with Crippen molar-refractivity contribution >= 4 is 18.2 Å². The minimum atomic E-state index is 0.434. The fourth-order valence-electron chi connectivity index (χ4n) is 1.01. The monoisotopic (exact) mass is 176 g/mol. The van der Waals surface area contributed by atoms with Crippen molar-refractivity contribution in [3.63, 3.8) is 0 Å². The van der Waals surface area contributed by atoms with Gasteiger partial charge in [-0.2, -0.15) is 0 Å². The van der Waals surface area contributed by atoms with E-state index in [2.05, 4.69) is 4.98 Å². The van der Waals surface area contributed by atoms with Gasteiger partial charge in [-0.25, -0.2) is 4.98 Å². The van der Waals surface area contributed by atoms with Crippen LogP contribution < -0.4 is 5.73 Å². The van der Waals surface area contributed by atoms with E-state index in [1.807, 2.05) is 13.0 Å². The van der Waals surface area contributed by atoms with Crippen molar-refractivity contribution in [2.75, 3.05) is 5.73 Å². The molecular weight excluding hydrogens is 164 g/mol. The maximum atomic E-state index is 10.0. The van der Waals surface area contributed by atoms with Crippen LogP contribution in [0.25, 0.3) is 6.08 Å². The number of aryl methyl sites for hydroxylation is 1. The summed E-state index contributed by atoms with van der Waals surface area (Å²) in [5.41, 5.74) is 7.55. The van der Waals surface area contributed by atoms with Crippen LogP contribution in [0, 0.1) is 6.92 Å². The number of nitrogen functional groups attached to an aromatic ring is 1. The molecule has 1 aromatic rings. The quantitative estimate of drug-likeness (QED) is 0.711. The van der Waals surface area contributed by atoms with Crippen LogP contribution in [-0.4, -0.2) is 11.3 Å². The Kier molecular flexibility index (Phi) is 3.20. The van der Waals surface area contributed by atoms with Crippen LogP contribution >= 0.6 is 0 Å². The van der Waals surface area contributed by atoms with Gasteiger partial charge in [0.05, 0.1) is 0 Å². The van der Waals surface area contributed by atoms with Crippen molar-refractivity contribution in [2.45, 2.75) is 13.3 Å². The number of anilines is 1. The summed E-state index contributed by atoms with van der Waals surface area (Å²) in [6.45, 7) is 1.96. The molecular formula is C10H12N2O. The minimum Gasteiger partial charge on any atom is -0.384 e. The molecule has 13 heavy (non-hydrogen) atoms. The van der Waals surface area contributed by atoms with E-state index in [9.17, 15) is 4.79 Å². The van der Waals surface area contributed by atoms with Crippen LogP contribution in [0.2, 0.25) is 0 Å². The number of nitrogens with two attached hydrogens (primary N) is 1. The average molecular weight is 176 g/mol. The van der Waals surface area contributed by atoms with Crippen LogP contribution in [0.3, 0.4) is 0 Å². The van der Waals surface area contributed by atoms with Crippen LogP contribution in [0.4, 0.5) is 5.82 Å². The Balaban J connectivity index is 2.83. The number of carbonyl (C=O) groups is 1. The number of pyridine rings is 1. The van der Waals surface area contributed by atoms with Crippen molar-refractivity contribution in [2.24, 2.45) is 0 Å². The lowest BCUT2D eigenvalue weighted by Gasteiger charge is -1.99. The second-order valence-corrected chi connectivity index (χ2v) is 2.77. The third-order valence-electron chi connectivity index (χ3n) is 1.70. The smallest absolute Gasteiger partial charge is 0.123 e. The van der Waals surface area contributed by atoms with Gasteiger partial charge in [-0.05, 0) is 24.1 Å². The lowest BCUT2D eigenvalue weighted by Crippen LogP contribution is -1.91. The zero-order valence-electron chi connectivity index (χ0n) is 7.53. The minimum absolute atomic E-state index is 0.434. The molecule has 0 bridgehead atoms. The van der Waals surface area contributed by atoms with E-state index in [1.165, 1.54) is 0 Å². The first kappa shape index (κ1) is 9.45. The SMILES string of the molecule is Cc1cc(N)ncc1C=CCC=O. The maximum Gasteiger partial charge on any atom is 0.123 e. The highest BCUT2D eigenvalue weighted by Crippen LogP contribution is 2.10. The average Bonchev–Trinajstić information content (AvgIpc) is 2.09. The van der Waals surface area contributed by atoms with Gasteiger partial charge in [0.25, 0.3) is 0 Å². The zero-order chi connectivity index (χ0) is 9.68. The molecule has 0 aliphatic carbocycles. The van der Waals surface area contributed by atoms with Crippen molar-refractivity contribution in [1.29, 1.82) is 0 Å². The van der Waals surface area contributed by atoms with Gasteiger partial charge in [-0.1, -0.05) is 12.2 Å². The zero-order valence-corrected chi connectivity index (χ0v) is 7.53. The van der Waals surface area contributed by atoms with Crippen molar-refractivity contribution < 1.29 is 4.79 Å². The molecule has 68 valence electrons. The van der Waals surface area contributed by atoms with Gasteiger partial charge >= 0.3 is 0 Å². The Morgan fingerprint density at radius 3 is 3.00 bits per heavy atom. The summed E-state index contributed by atoms with van der Waals surface area (Å²) in [6, 6.07) is 1.81. The molecule has 0 saturated carbocycles. The normalized spacial score (nSPS) is 10.5. The molecule has 0 aliphatic heterocycles. The summed E-state index contributed by atoms with van der Waals surface area (Å²) in [6.07, 6.45) is 6.66. The summed E-state index contributed by atoms with van der Waals surface area (Å²) in [4.78, 5) is 14.0. The van der Waals surface area contributed by atoms with E-state index in [1.54, 1.807) is 18.3 Å². The van der Waals surface area contributed by atoms with Crippen LogP contribution in [0.1, 0.15) is 17.5 Å². The van der Waals surface area contributed by atoms with Crippen LogP contribution in [0.15, 0.2) is 18.3 Å². The summed E-state index contributed by atoms with van der Waals surface area (Å²) >= 11 is 0. The predicted molar refractivity (Wildman–Crippen MR) is 53.1 cm³/mol. The third-order valence-corrected chi connectivity index (χ3v) is 1.70. The number of aromatic nitrogens is 1. The molecule has 1 rings (SSSR count). The summed E-state index contributed by atoms with van der Waals surface area (Å²) in [5, 5.41) is 0. The van der Waals surface area contributed by atoms with Gasteiger partial charge in [0.1, 0.15) is 12.1 Å². The molecule has 0 aromatic carbocycles. The molecule has 1 heterocycles. The number of nitrogens with zero attached hydrogens (tertiary/aromatic N) is 1. The second-order valence-electron chi connectivity index (χ2n) is 2.77. The van der Waals surface area contributed by atoms with Crippen LogP contribution in [0.5, 0.6) is 0 Å². The molecule has 3 nitrogen and oxygen atoms in total. The lowest BCUT2D eigenvalue weighted by atomic mass is 10.1. The molecule has 2 N–H and O–H groups in total. The van der Waals surface area contributed by atoms with Gasteiger partial charge in [-0.3, -0.25) is 0 Å². The summed E-state index contributed by atoms with van der Waals surface area (Å²) < 4.78 is 0. The highest BCUT2D eigenvalue weighted by atomic mass is 16.1. The fraction of sp³-hybridized carbons (Fsp3) is 0.200. The Hall–Kier alpha value is -1.64. The van der Waals surface area contributed by atoms with Crippen molar-refractivity contribution in [3.8, 4) is 0 Å². The lowest BCUT2D eigenvalue weighted by molar-refractivity contribution is -0.107. The van der Waals surface area contributed by atoms with Gasteiger partial charge in [0, 0.05) is 12.6 Å². The highest BCUT2D eigenvalue weighted by Gasteiger charge is 1.94. The van der Waals surface area contributed by atoms with E-state index < -0.39 is 0 Å². The van der Waals surface area contributed by atoms with Gasteiger partial charge in [0.15, 0.2) is 0 Å². The molecule has 0 radical (unpaired) electrons. The van der Waals surface area contributed by atoms with Crippen molar-refractivity contribution in [1.82, 2.24) is 4.98 Å². The van der Waals surface area contributed by atoms with Crippen molar-refractivity contribution in [3.05, 3.63) is 29.5 Å². The first-order chi connectivity index (χ1) is 6.24. The predicted octanol–water partition coefficient (Wildman–Crippen LogP) is 1.57. The summed E-state index contributed by atoms with van der Waals surface area (Å²) in [7, 11) is 0. The molecule has 0 atom stereocenters. The number of hydrogen-bond donors (Lipinski definition) is 1. The first-order valence-corrected chi connectivity index (χ1v) is 4.06. The standard InChI is InChI=1S/C10H12N2O/c1-8-6-10(11)12-7-9(8)4-2-3-5-13/h2,4-7H,3H2,1H3,(H2,11,12). The molecule has 0 fully saturated rings. The van der Waals surface area contributed by atoms with E-state index in [0.717, 1.165) is 17.4 Å². The number of aldehydes is 1.